The lowest BCUT2D eigenvalue weighted by molar-refractivity contribution is -0.144. The highest BCUT2D eigenvalue weighted by Gasteiger charge is 2.13. The fraction of sp³-hybridized carbons (Fsp3) is 0.417. The Hall–Kier alpha value is -1.91. The van der Waals surface area contributed by atoms with Crippen molar-refractivity contribution in [3.8, 4) is 0 Å². The average Bonchev–Trinajstić information content (AvgIpc) is 2.36. The van der Waals surface area contributed by atoms with Gasteiger partial charge in [0.2, 0.25) is 5.91 Å². The number of carbonyl (C=O) groups excluding carboxylic acids is 2. The van der Waals surface area contributed by atoms with Crippen LogP contribution in [-0.2, 0) is 14.3 Å². The van der Waals surface area contributed by atoms with E-state index in [0.29, 0.717) is 6.61 Å². The van der Waals surface area contributed by atoms with E-state index < -0.39 is 0 Å². The standard InChI is InChI=1S/C12H16N2O3/c1-3-17-12(16)5-4-11(15)14(2)10-6-8-13-9-7-10/h6-9H,3-5H2,1-2H3. The molecule has 1 rings (SSSR count). The Morgan fingerprint density at radius 2 is 1.94 bits per heavy atom. The van der Waals surface area contributed by atoms with Gasteiger partial charge in [-0.05, 0) is 19.1 Å². The molecule has 0 fully saturated rings. The first-order valence-electron chi connectivity index (χ1n) is 5.47. The van der Waals surface area contributed by atoms with Crippen molar-refractivity contribution in [1.29, 1.82) is 0 Å². The van der Waals surface area contributed by atoms with Crippen LogP contribution in [0.1, 0.15) is 19.8 Å². The van der Waals surface area contributed by atoms with Gasteiger partial charge < -0.3 is 9.64 Å². The summed E-state index contributed by atoms with van der Waals surface area (Å²) in [6.45, 7) is 2.08. The summed E-state index contributed by atoms with van der Waals surface area (Å²) in [6, 6.07) is 3.48. The summed E-state index contributed by atoms with van der Waals surface area (Å²) in [6.07, 6.45) is 3.49. The normalized spacial score (nSPS) is 9.76. The van der Waals surface area contributed by atoms with Crippen LogP contribution in [0.5, 0.6) is 0 Å². The van der Waals surface area contributed by atoms with Crippen LogP contribution < -0.4 is 4.90 Å². The molecule has 0 aliphatic carbocycles. The van der Waals surface area contributed by atoms with Crippen molar-refractivity contribution in [2.45, 2.75) is 19.8 Å². The molecule has 1 aromatic rings. The largest absolute Gasteiger partial charge is 0.466 e. The predicted molar refractivity (Wildman–Crippen MR) is 63.5 cm³/mol. The quantitative estimate of drug-likeness (QED) is 0.725. The van der Waals surface area contributed by atoms with Crippen molar-refractivity contribution in [3.05, 3.63) is 24.5 Å². The van der Waals surface area contributed by atoms with Gasteiger partial charge in [0.1, 0.15) is 0 Å². The van der Waals surface area contributed by atoms with E-state index in [2.05, 4.69) is 4.98 Å². The second-order valence-corrected chi connectivity index (χ2v) is 3.46. The van der Waals surface area contributed by atoms with Crippen LogP contribution >= 0.6 is 0 Å². The summed E-state index contributed by atoms with van der Waals surface area (Å²) in [7, 11) is 1.67. The van der Waals surface area contributed by atoms with Gasteiger partial charge in [-0.3, -0.25) is 14.6 Å². The first-order valence-corrected chi connectivity index (χ1v) is 5.47. The van der Waals surface area contributed by atoms with E-state index in [1.807, 2.05) is 0 Å². The third-order valence-corrected chi connectivity index (χ3v) is 2.27. The molecular formula is C12H16N2O3. The van der Waals surface area contributed by atoms with Crippen molar-refractivity contribution in [2.24, 2.45) is 0 Å². The number of hydrogen-bond donors (Lipinski definition) is 0. The zero-order chi connectivity index (χ0) is 12.7. The molecule has 0 saturated carbocycles. The highest BCUT2D eigenvalue weighted by molar-refractivity contribution is 5.94. The lowest BCUT2D eigenvalue weighted by Gasteiger charge is -2.16. The van der Waals surface area contributed by atoms with Gasteiger partial charge in [-0.15, -0.1) is 0 Å². The molecule has 17 heavy (non-hydrogen) atoms. The molecule has 1 aromatic heterocycles. The van der Waals surface area contributed by atoms with Gasteiger partial charge in [-0.1, -0.05) is 0 Å². The number of amides is 1. The van der Waals surface area contributed by atoms with Gasteiger partial charge in [-0.2, -0.15) is 0 Å². The average molecular weight is 236 g/mol. The Morgan fingerprint density at radius 1 is 1.29 bits per heavy atom. The van der Waals surface area contributed by atoms with Crippen LogP contribution in [-0.4, -0.2) is 30.5 Å². The zero-order valence-corrected chi connectivity index (χ0v) is 10.0. The molecule has 0 aliphatic heterocycles. The lowest BCUT2D eigenvalue weighted by Crippen LogP contribution is -2.26. The van der Waals surface area contributed by atoms with Crippen LogP contribution in [0.25, 0.3) is 0 Å². The number of esters is 1. The van der Waals surface area contributed by atoms with E-state index in [0.717, 1.165) is 5.69 Å². The summed E-state index contributed by atoms with van der Waals surface area (Å²) >= 11 is 0. The van der Waals surface area contributed by atoms with Crippen LogP contribution in [0, 0.1) is 0 Å². The summed E-state index contributed by atoms with van der Waals surface area (Å²) in [5, 5.41) is 0. The molecule has 0 unspecified atom stereocenters. The number of aromatic nitrogens is 1. The van der Waals surface area contributed by atoms with Gasteiger partial charge in [0.15, 0.2) is 0 Å². The molecule has 1 amide bonds. The number of nitrogens with zero attached hydrogens (tertiary/aromatic N) is 2. The molecule has 0 atom stereocenters. The molecular weight excluding hydrogens is 220 g/mol. The van der Waals surface area contributed by atoms with Crippen molar-refractivity contribution < 1.29 is 14.3 Å². The highest BCUT2D eigenvalue weighted by Crippen LogP contribution is 2.11. The molecule has 0 radical (unpaired) electrons. The molecule has 0 aliphatic rings. The topological polar surface area (TPSA) is 59.5 Å². The summed E-state index contributed by atoms with van der Waals surface area (Å²) in [5.41, 5.74) is 0.758. The fourth-order valence-corrected chi connectivity index (χ4v) is 1.32. The molecule has 5 nitrogen and oxygen atoms in total. The molecule has 0 spiro atoms. The van der Waals surface area contributed by atoms with E-state index in [1.165, 1.54) is 4.90 Å². The van der Waals surface area contributed by atoms with Gasteiger partial charge in [0.25, 0.3) is 0 Å². The summed E-state index contributed by atoms with van der Waals surface area (Å²) in [4.78, 5) is 28.2. The molecule has 0 aromatic carbocycles. The van der Waals surface area contributed by atoms with Crippen molar-refractivity contribution in [2.75, 3.05) is 18.6 Å². The van der Waals surface area contributed by atoms with Crippen LogP contribution in [0.15, 0.2) is 24.5 Å². The first-order chi connectivity index (χ1) is 8.15. The monoisotopic (exact) mass is 236 g/mol. The van der Waals surface area contributed by atoms with Crippen LogP contribution in [0.3, 0.4) is 0 Å². The third kappa shape index (κ3) is 4.22. The molecule has 0 saturated heterocycles. The minimum absolute atomic E-state index is 0.113. The van der Waals surface area contributed by atoms with E-state index >= 15 is 0 Å². The molecule has 0 bridgehead atoms. The Labute approximate surface area is 100 Å². The van der Waals surface area contributed by atoms with Gasteiger partial charge in [0, 0.05) is 31.5 Å². The summed E-state index contributed by atoms with van der Waals surface area (Å²) in [5.74, 6) is -0.465. The lowest BCUT2D eigenvalue weighted by atomic mass is 10.2. The zero-order valence-electron chi connectivity index (χ0n) is 10.0. The molecule has 5 heteroatoms. The number of ether oxygens (including phenoxy) is 1. The molecule has 1 heterocycles. The van der Waals surface area contributed by atoms with E-state index in [4.69, 9.17) is 4.74 Å². The number of rotatable bonds is 5. The van der Waals surface area contributed by atoms with Gasteiger partial charge >= 0.3 is 5.97 Å². The van der Waals surface area contributed by atoms with Gasteiger partial charge in [-0.25, -0.2) is 0 Å². The number of hydrogen-bond acceptors (Lipinski definition) is 4. The van der Waals surface area contributed by atoms with Gasteiger partial charge in [0.05, 0.1) is 13.0 Å². The number of anilines is 1. The van der Waals surface area contributed by atoms with Crippen molar-refractivity contribution in [1.82, 2.24) is 4.98 Å². The Bertz CT molecular complexity index is 379. The van der Waals surface area contributed by atoms with Crippen LogP contribution in [0.4, 0.5) is 5.69 Å². The summed E-state index contributed by atoms with van der Waals surface area (Å²) < 4.78 is 4.76. The van der Waals surface area contributed by atoms with Crippen LogP contribution in [0.2, 0.25) is 0 Å². The van der Waals surface area contributed by atoms with Crippen molar-refractivity contribution >= 4 is 17.6 Å². The Kier molecular flexibility index (Phi) is 5.13. The predicted octanol–water partition coefficient (Wildman–Crippen LogP) is 1.39. The Morgan fingerprint density at radius 3 is 2.53 bits per heavy atom. The van der Waals surface area contributed by atoms with E-state index in [1.54, 1.807) is 38.5 Å². The maximum Gasteiger partial charge on any atom is 0.306 e. The SMILES string of the molecule is CCOC(=O)CCC(=O)N(C)c1ccncc1. The maximum atomic E-state index is 11.7. The van der Waals surface area contributed by atoms with Crippen molar-refractivity contribution in [3.63, 3.8) is 0 Å². The van der Waals surface area contributed by atoms with E-state index in [9.17, 15) is 9.59 Å². The third-order valence-electron chi connectivity index (χ3n) is 2.27. The minimum Gasteiger partial charge on any atom is -0.466 e. The number of pyridine rings is 1. The smallest absolute Gasteiger partial charge is 0.306 e. The fourth-order valence-electron chi connectivity index (χ4n) is 1.32. The number of carbonyl (C=O) groups is 2. The molecule has 92 valence electrons. The minimum atomic E-state index is -0.344. The van der Waals surface area contributed by atoms with E-state index in [-0.39, 0.29) is 24.7 Å². The molecule has 0 N–H and O–H groups in total. The maximum absolute atomic E-state index is 11.7. The first kappa shape index (κ1) is 13.2. The highest BCUT2D eigenvalue weighted by atomic mass is 16.5. The second-order valence-electron chi connectivity index (χ2n) is 3.46. The Balaban J connectivity index is 2.45. The second kappa shape index (κ2) is 6.62.